The third kappa shape index (κ3) is 5.15. The van der Waals surface area contributed by atoms with Gasteiger partial charge in [-0.3, -0.25) is 4.79 Å². The van der Waals surface area contributed by atoms with E-state index in [0.717, 1.165) is 31.2 Å². The Bertz CT molecular complexity index is 728. The molecule has 0 fully saturated rings. The summed E-state index contributed by atoms with van der Waals surface area (Å²) in [7, 11) is 1.36. The van der Waals surface area contributed by atoms with Crippen molar-refractivity contribution < 1.29 is 14.3 Å². The van der Waals surface area contributed by atoms with Crippen molar-refractivity contribution in [2.75, 3.05) is 7.11 Å². The zero-order valence-electron chi connectivity index (χ0n) is 14.8. The third-order valence-electron chi connectivity index (χ3n) is 4.05. The minimum atomic E-state index is -0.380. The zero-order chi connectivity index (χ0) is 18.1. The standard InChI is InChI=1S/C22H24O3/c1-3-4-5-9-12-20(21(23)18-10-7-6-8-11-18)17-13-15-19(16-14-17)22(24)25-2/h6-8,10-16H,3-5,9H2,1-2H3/b20-12+. The van der Waals surface area contributed by atoms with Gasteiger partial charge in [0.25, 0.3) is 0 Å². The van der Waals surface area contributed by atoms with Crippen molar-refractivity contribution in [3.8, 4) is 0 Å². The first kappa shape index (κ1) is 18.7. The molecule has 0 saturated carbocycles. The van der Waals surface area contributed by atoms with Crippen molar-refractivity contribution in [1.82, 2.24) is 0 Å². The van der Waals surface area contributed by atoms with E-state index in [1.165, 1.54) is 7.11 Å². The quantitative estimate of drug-likeness (QED) is 0.283. The molecule has 0 aliphatic rings. The number of hydrogen-bond donors (Lipinski definition) is 0. The van der Waals surface area contributed by atoms with E-state index in [9.17, 15) is 9.59 Å². The Morgan fingerprint density at radius 1 is 0.880 bits per heavy atom. The largest absolute Gasteiger partial charge is 0.465 e. The number of rotatable bonds is 8. The third-order valence-corrected chi connectivity index (χ3v) is 4.05. The van der Waals surface area contributed by atoms with Crippen LogP contribution in [-0.2, 0) is 4.74 Å². The van der Waals surface area contributed by atoms with Crippen LogP contribution in [0.2, 0.25) is 0 Å². The molecule has 0 aliphatic carbocycles. The number of carbonyl (C=O) groups is 2. The second-order valence-electron chi connectivity index (χ2n) is 5.88. The van der Waals surface area contributed by atoms with Gasteiger partial charge in [0.15, 0.2) is 5.78 Å². The summed E-state index contributed by atoms with van der Waals surface area (Å²) in [6, 6.07) is 16.3. The van der Waals surface area contributed by atoms with E-state index in [0.29, 0.717) is 16.7 Å². The topological polar surface area (TPSA) is 43.4 Å². The van der Waals surface area contributed by atoms with Gasteiger partial charge in [-0.1, -0.05) is 68.3 Å². The Morgan fingerprint density at radius 3 is 2.12 bits per heavy atom. The minimum Gasteiger partial charge on any atom is -0.465 e. The predicted molar refractivity (Wildman–Crippen MR) is 101 cm³/mol. The van der Waals surface area contributed by atoms with Crippen LogP contribution in [0.15, 0.2) is 60.7 Å². The van der Waals surface area contributed by atoms with E-state index in [1.54, 1.807) is 24.3 Å². The van der Waals surface area contributed by atoms with Crippen molar-refractivity contribution in [2.45, 2.75) is 32.6 Å². The summed E-state index contributed by atoms with van der Waals surface area (Å²) in [5.41, 5.74) is 2.64. The first-order valence-corrected chi connectivity index (χ1v) is 8.66. The molecule has 0 aliphatic heterocycles. The molecule has 2 aromatic rings. The van der Waals surface area contributed by atoms with E-state index in [2.05, 4.69) is 6.92 Å². The van der Waals surface area contributed by atoms with Gasteiger partial charge in [-0.05, 0) is 30.5 Å². The lowest BCUT2D eigenvalue weighted by atomic mass is 9.94. The number of ketones is 1. The average molecular weight is 336 g/mol. The minimum absolute atomic E-state index is 0.00270. The van der Waals surface area contributed by atoms with Crippen LogP contribution in [0.4, 0.5) is 0 Å². The van der Waals surface area contributed by atoms with Crippen molar-refractivity contribution in [3.63, 3.8) is 0 Å². The van der Waals surface area contributed by atoms with Crippen LogP contribution in [0, 0.1) is 0 Å². The van der Waals surface area contributed by atoms with Crippen LogP contribution in [0.25, 0.3) is 5.57 Å². The van der Waals surface area contributed by atoms with Gasteiger partial charge in [0.05, 0.1) is 12.7 Å². The maximum Gasteiger partial charge on any atom is 0.337 e. The molecule has 130 valence electrons. The summed E-state index contributed by atoms with van der Waals surface area (Å²) in [4.78, 5) is 24.5. The number of unbranched alkanes of at least 4 members (excludes halogenated alkanes) is 3. The summed E-state index contributed by atoms with van der Waals surface area (Å²) in [6.45, 7) is 2.16. The second-order valence-corrected chi connectivity index (χ2v) is 5.88. The Balaban J connectivity index is 2.31. The predicted octanol–water partition coefficient (Wildman–Crippen LogP) is 5.32. The molecule has 0 unspecified atom stereocenters. The molecule has 0 spiro atoms. The first-order chi connectivity index (χ1) is 12.2. The highest BCUT2D eigenvalue weighted by Gasteiger charge is 2.15. The Hall–Kier alpha value is -2.68. The van der Waals surface area contributed by atoms with E-state index in [-0.39, 0.29) is 11.8 Å². The molecule has 0 aromatic heterocycles. The number of methoxy groups -OCH3 is 1. The highest BCUT2D eigenvalue weighted by atomic mass is 16.5. The number of esters is 1. The van der Waals surface area contributed by atoms with Gasteiger partial charge in [-0.15, -0.1) is 0 Å². The SMILES string of the molecule is CCCCC/C=C(/C(=O)c1ccccc1)c1ccc(C(=O)OC)cc1. The fourth-order valence-electron chi connectivity index (χ4n) is 2.63. The van der Waals surface area contributed by atoms with Gasteiger partial charge < -0.3 is 4.74 Å². The van der Waals surface area contributed by atoms with Crippen molar-refractivity contribution in [3.05, 3.63) is 77.4 Å². The summed E-state index contributed by atoms with van der Waals surface area (Å²) < 4.78 is 4.72. The summed E-state index contributed by atoms with van der Waals surface area (Å²) in [5, 5.41) is 0. The second kappa shape index (κ2) is 9.58. The van der Waals surface area contributed by atoms with Gasteiger partial charge in [0.2, 0.25) is 0 Å². The molecule has 0 radical (unpaired) electrons. The monoisotopic (exact) mass is 336 g/mol. The summed E-state index contributed by atoms with van der Waals surface area (Å²) >= 11 is 0. The highest BCUT2D eigenvalue weighted by molar-refractivity contribution is 6.28. The summed E-state index contributed by atoms with van der Waals surface area (Å²) in [5.74, 6) is -0.377. The maximum atomic E-state index is 12.9. The molecule has 3 heteroatoms. The van der Waals surface area contributed by atoms with E-state index in [1.807, 2.05) is 36.4 Å². The molecule has 0 bridgehead atoms. The molecule has 3 nitrogen and oxygen atoms in total. The fourth-order valence-corrected chi connectivity index (χ4v) is 2.63. The number of hydrogen-bond acceptors (Lipinski definition) is 3. The van der Waals surface area contributed by atoms with Crippen molar-refractivity contribution in [2.24, 2.45) is 0 Å². The molecule has 0 saturated heterocycles. The Labute approximate surface area is 149 Å². The van der Waals surface area contributed by atoms with Crippen LogP contribution in [0.5, 0.6) is 0 Å². The van der Waals surface area contributed by atoms with Gasteiger partial charge in [-0.25, -0.2) is 4.79 Å². The molecule has 0 heterocycles. The smallest absolute Gasteiger partial charge is 0.337 e. The van der Waals surface area contributed by atoms with E-state index < -0.39 is 0 Å². The fraction of sp³-hybridized carbons (Fsp3) is 0.273. The van der Waals surface area contributed by atoms with Crippen LogP contribution in [-0.4, -0.2) is 18.9 Å². The van der Waals surface area contributed by atoms with E-state index >= 15 is 0 Å². The average Bonchev–Trinajstić information content (AvgIpc) is 2.68. The first-order valence-electron chi connectivity index (χ1n) is 8.66. The summed E-state index contributed by atoms with van der Waals surface area (Å²) in [6.07, 6.45) is 6.22. The number of benzene rings is 2. The zero-order valence-corrected chi connectivity index (χ0v) is 14.8. The van der Waals surface area contributed by atoms with Gasteiger partial charge >= 0.3 is 5.97 Å². The van der Waals surface area contributed by atoms with Crippen LogP contribution in [0.3, 0.4) is 0 Å². The van der Waals surface area contributed by atoms with Crippen molar-refractivity contribution in [1.29, 1.82) is 0 Å². The normalized spacial score (nSPS) is 11.2. The lowest BCUT2D eigenvalue weighted by Crippen LogP contribution is -2.05. The van der Waals surface area contributed by atoms with Crippen LogP contribution in [0.1, 0.15) is 58.9 Å². The molecule has 0 N–H and O–H groups in total. The number of ether oxygens (including phenoxy) is 1. The van der Waals surface area contributed by atoms with Crippen LogP contribution < -0.4 is 0 Å². The Morgan fingerprint density at radius 2 is 1.52 bits per heavy atom. The number of Topliss-reactive ketones (excluding diaryl/α,β-unsaturated/α-hetero) is 1. The van der Waals surface area contributed by atoms with Gasteiger partial charge in [0, 0.05) is 11.1 Å². The molecular weight excluding hydrogens is 312 g/mol. The molecule has 0 amide bonds. The molecule has 0 atom stereocenters. The van der Waals surface area contributed by atoms with E-state index in [4.69, 9.17) is 4.74 Å². The number of allylic oxidation sites excluding steroid dienone is 2. The highest BCUT2D eigenvalue weighted by Crippen LogP contribution is 2.22. The van der Waals surface area contributed by atoms with Crippen LogP contribution >= 0.6 is 0 Å². The van der Waals surface area contributed by atoms with Gasteiger partial charge in [-0.2, -0.15) is 0 Å². The molecule has 2 aromatic carbocycles. The lowest BCUT2D eigenvalue weighted by molar-refractivity contribution is 0.0600. The molecular formula is C22H24O3. The number of carbonyl (C=O) groups excluding carboxylic acids is 2. The molecule has 2 rings (SSSR count). The van der Waals surface area contributed by atoms with Crippen molar-refractivity contribution >= 4 is 17.3 Å². The molecule has 25 heavy (non-hydrogen) atoms. The van der Waals surface area contributed by atoms with Gasteiger partial charge in [0.1, 0.15) is 0 Å². The lowest BCUT2D eigenvalue weighted by Gasteiger charge is -2.09. The Kier molecular flexibility index (Phi) is 7.15. The maximum absolute atomic E-state index is 12.9.